The Morgan fingerprint density at radius 2 is 2.06 bits per heavy atom. The molecule has 0 aromatic carbocycles. The molecule has 0 amide bonds. The van der Waals surface area contributed by atoms with Crippen LogP contribution >= 0.6 is 0 Å². The zero-order valence-corrected chi connectivity index (χ0v) is 9.86. The lowest BCUT2D eigenvalue weighted by molar-refractivity contribution is 0.825. The summed E-state index contributed by atoms with van der Waals surface area (Å²) in [6.07, 6.45) is 1.77. The zero-order chi connectivity index (χ0) is 11.7. The molecule has 2 heterocycles. The van der Waals surface area contributed by atoms with Gasteiger partial charge in [0.05, 0.1) is 17.1 Å². The van der Waals surface area contributed by atoms with Gasteiger partial charge < -0.3 is 5.73 Å². The molecular formula is C12H16N4. The molecule has 2 aromatic rings. The normalized spacial score (nSPS) is 10.8. The highest BCUT2D eigenvalue weighted by atomic mass is 15.3. The van der Waals surface area contributed by atoms with Crippen molar-refractivity contribution >= 4 is 0 Å². The van der Waals surface area contributed by atoms with Gasteiger partial charge in [-0.15, -0.1) is 0 Å². The van der Waals surface area contributed by atoms with E-state index in [0.717, 1.165) is 22.8 Å². The van der Waals surface area contributed by atoms with Gasteiger partial charge in [0.1, 0.15) is 0 Å². The molecule has 84 valence electrons. The van der Waals surface area contributed by atoms with Crippen molar-refractivity contribution < 1.29 is 0 Å². The Labute approximate surface area is 95.1 Å². The number of hydrogen-bond acceptors (Lipinski definition) is 3. The van der Waals surface area contributed by atoms with Gasteiger partial charge >= 0.3 is 0 Å². The molecule has 16 heavy (non-hydrogen) atoms. The predicted molar refractivity (Wildman–Crippen MR) is 63.5 cm³/mol. The lowest BCUT2D eigenvalue weighted by Crippen LogP contribution is -2.04. The van der Waals surface area contributed by atoms with Gasteiger partial charge in [-0.3, -0.25) is 4.98 Å². The Hall–Kier alpha value is -1.68. The fourth-order valence-corrected chi connectivity index (χ4v) is 1.68. The minimum Gasteiger partial charge on any atom is -0.325 e. The van der Waals surface area contributed by atoms with E-state index in [4.69, 9.17) is 5.73 Å². The molecular weight excluding hydrogens is 200 g/mol. The van der Waals surface area contributed by atoms with Crippen LogP contribution in [0.1, 0.15) is 22.6 Å². The van der Waals surface area contributed by atoms with Crippen LogP contribution < -0.4 is 5.73 Å². The molecule has 0 atom stereocenters. The van der Waals surface area contributed by atoms with Gasteiger partial charge in [-0.05, 0) is 38.5 Å². The second-order valence-electron chi connectivity index (χ2n) is 3.92. The van der Waals surface area contributed by atoms with Gasteiger partial charge in [0.25, 0.3) is 0 Å². The highest BCUT2D eigenvalue weighted by Gasteiger charge is 2.08. The number of nitrogens with zero attached hydrogens (tertiary/aromatic N) is 3. The maximum atomic E-state index is 5.58. The molecule has 2 aromatic heterocycles. The van der Waals surface area contributed by atoms with Crippen LogP contribution in [0.4, 0.5) is 0 Å². The van der Waals surface area contributed by atoms with Crippen LogP contribution in [0.15, 0.2) is 18.3 Å². The molecule has 0 saturated carbocycles. The van der Waals surface area contributed by atoms with E-state index < -0.39 is 0 Å². The lowest BCUT2D eigenvalue weighted by Gasteiger charge is -2.05. The number of hydrogen-bond donors (Lipinski definition) is 1. The molecule has 0 fully saturated rings. The molecule has 0 bridgehead atoms. The van der Waals surface area contributed by atoms with E-state index in [9.17, 15) is 0 Å². The molecule has 0 aliphatic heterocycles. The van der Waals surface area contributed by atoms with Gasteiger partial charge in [-0.1, -0.05) is 0 Å². The first-order valence-electron chi connectivity index (χ1n) is 5.31. The second kappa shape index (κ2) is 4.06. The van der Waals surface area contributed by atoms with Gasteiger partial charge in [0.15, 0.2) is 0 Å². The Morgan fingerprint density at radius 1 is 1.31 bits per heavy atom. The first-order chi connectivity index (χ1) is 7.63. The highest BCUT2D eigenvalue weighted by molar-refractivity contribution is 5.36. The number of rotatable bonds is 2. The molecule has 0 aliphatic rings. The smallest absolute Gasteiger partial charge is 0.0682 e. The molecule has 0 spiro atoms. The number of nitrogens with two attached hydrogens (primary N) is 1. The number of aromatic nitrogens is 3. The summed E-state index contributed by atoms with van der Waals surface area (Å²) < 4.78 is 1.94. The summed E-state index contributed by atoms with van der Waals surface area (Å²) in [7, 11) is 0. The fraction of sp³-hybridized carbons (Fsp3) is 0.333. The summed E-state index contributed by atoms with van der Waals surface area (Å²) in [5, 5.41) is 4.50. The van der Waals surface area contributed by atoms with E-state index >= 15 is 0 Å². The van der Waals surface area contributed by atoms with Crippen molar-refractivity contribution in [2.45, 2.75) is 27.3 Å². The summed E-state index contributed by atoms with van der Waals surface area (Å²) in [4.78, 5) is 4.18. The lowest BCUT2D eigenvalue weighted by atomic mass is 10.2. The summed E-state index contributed by atoms with van der Waals surface area (Å²) in [6, 6.07) is 3.91. The van der Waals surface area contributed by atoms with Gasteiger partial charge in [-0.25, -0.2) is 4.68 Å². The average molecular weight is 216 g/mol. The summed E-state index contributed by atoms with van der Waals surface area (Å²) >= 11 is 0. The second-order valence-corrected chi connectivity index (χ2v) is 3.92. The minimum atomic E-state index is 0.451. The van der Waals surface area contributed by atoms with E-state index in [1.807, 2.05) is 23.7 Å². The summed E-state index contributed by atoms with van der Waals surface area (Å²) in [5.74, 6) is 0. The predicted octanol–water partition coefficient (Wildman–Crippen LogP) is 1.65. The van der Waals surface area contributed by atoms with Crippen LogP contribution in [0.25, 0.3) is 5.69 Å². The summed E-state index contributed by atoms with van der Waals surface area (Å²) in [5.41, 5.74) is 10.9. The molecule has 0 radical (unpaired) electrons. The molecule has 4 heteroatoms. The van der Waals surface area contributed by atoms with Crippen molar-refractivity contribution in [1.82, 2.24) is 14.8 Å². The SMILES string of the molecule is Cc1nn(-c2ccnc(CN)c2)c(C)c1C. The standard InChI is InChI=1S/C12H16N4/c1-8-9(2)15-16(10(8)3)12-4-5-14-11(6-12)7-13/h4-6H,7,13H2,1-3H3. The van der Waals surface area contributed by atoms with Gasteiger partial charge in [0.2, 0.25) is 0 Å². The topological polar surface area (TPSA) is 56.7 Å². The van der Waals surface area contributed by atoms with Crippen molar-refractivity contribution in [3.8, 4) is 5.69 Å². The molecule has 0 aliphatic carbocycles. The molecule has 2 rings (SSSR count). The quantitative estimate of drug-likeness (QED) is 0.830. The number of aryl methyl sites for hydroxylation is 1. The molecule has 4 nitrogen and oxygen atoms in total. The fourth-order valence-electron chi connectivity index (χ4n) is 1.68. The van der Waals surface area contributed by atoms with Crippen LogP contribution in [-0.4, -0.2) is 14.8 Å². The third-order valence-electron chi connectivity index (χ3n) is 2.91. The largest absolute Gasteiger partial charge is 0.325 e. The van der Waals surface area contributed by atoms with Crippen LogP contribution in [0, 0.1) is 20.8 Å². The highest BCUT2D eigenvalue weighted by Crippen LogP contribution is 2.16. The van der Waals surface area contributed by atoms with Crippen LogP contribution in [0.3, 0.4) is 0 Å². The van der Waals surface area contributed by atoms with Crippen molar-refractivity contribution in [2.24, 2.45) is 5.73 Å². The van der Waals surface area contributed by atoms with Crippen LogP contribution in [0.5, 0.6) is 0 Å². The van der Waals surface area contributed by atoms with Crippen LogP contribution in [-0.2, 0) is 6.54 Å². The monoisotopic (exact) mass is 216 g/mol. The van der Waals surface area contributed by atoms with Crippen molar-refractivity contribution in [2.75, 3.05) is 0 Å². The minimum absolute atomic E-state index is 0.451. The first-order valence-corrected chi connectivity index (χ1v) is 5.31. The van der Waals surface area contributed by atoms with E-state index in [1.54, 1.807) is 6.20 Å². The molecule has 2 N–H and O–H groups in total. The first kappa shape index (κ1) is 10.8. The third kappa shape index (κ3) is 1.72. The Bertz CT molecular complexity index is 514. The number of pyridine rings is 1. The summed E-state index contributed by atoms with van der Waals surface area (Å²) in [6.45, 7) is 6.62. The van der Waals surface area contributed by atoms with E-state index in [0.29, 0.717) is 6.54 Å². The maximum absolute atomic E-state index is 5.58. The van der Waals surface area contributed by atoms with E-state index in [-0.39, 0.29) is 0 Å². The van der Waals surface area contributed by atoms with Crippen molar-refractivity contribution in [3.63, 3.8) is 0 Å². The maximum Gasteiger partial charge on any atom is 0.0682 e. The third-order valence-corrected chi connectivity index (χ3v) is 2.91. The van der Waals surface area contributed by atoms with Gasteiger partial charge in [0, 0.05) is 18.4 Å². The van der Waals surface area contributed by atoms with Crippen molar-refractivity contribution in [1.29, 1.82) is 0 Å². The van der Waals surface area contributed by atoms with Crippen molar-refractivity contribution in [3.05, 3.63) is 41.0 Å². The Balaban J connectivity index is 2.54. The van der Waals surface area contributed by atoms with E-state index in [2.05, 4.69) is 23.9 Å². The average Bonchev–Trinajstić information content (AvgIpc) is 2.57. The van der Waals surface area contributed by atoms with Crippen LogP contribution in [0.2, 0.25) is 0 Å². The Kier molecular flexibility index (Phi) is 2.75. The zero-order valence-electron chi connectivity index (χ0n) is 9.86. The van der Waals surface area contributed by atoms with Gasteiger partial charge in [-0.2, -0.15) is 5.10 Å². The Morgan fingerprint density at radius 3 is 2.62 bits per heavy atom. The molecule has 0 saturated heterocycles. The van der Waals surface area contributed by atoms with E-state index in [1.165, 1.54) is 5.56 Å². The molecule has 0 unspecified atom stereocenters.